The number of carbonyl (C=O) groups excluding carboxylic acids is 2. The first-order valence-corrected chi connectivity index (χ1v) is 7.27. The predicted octanol–water partition coefficient (Wildman–Crippen LogP) is 0.550. The molecule has 0 aliphatic rings. The molecule has 0 aromatic carbocycles. The molecule has 10 nitrogen and oxygen atoms in total. The Morgan fingerprint density at radius 3 is 2.96 bits per heavy atom. The van der Waals surface area contributed by atoms with E-state index in [1.807, 2.05) is 0 Å². The zero-order valence-electron chi connectivity index (χ0n) is 12.0. The number of hydrogen-bond acceptors (Lipinski definition) is 8. The molecule has 2 amide bonds. The highest BCUT2D eigenvalue weighted by atomic mass is 32.1. The molecule has 0 spiro atoms. The van der Waals surface area contributed by atoms with E-state index >= 15 is 0 Å². The molecule has 0 unspecified atom stereocenters. The number of carboxylic acids is 1. The van der Waals surface area contributed by atoms with Crippen molar-refractivity contribution in [1.82, 2.24) is 9.97 Å². The summed E-state index contributed by atoms with van der Waals surface area (Å²) in [6.45, 7) is -0.491. The fourth-order valence-electron chi connectivity index (χ4n) is 1.48. The van der Waals surface area contributed by atoms with E-state index in [0.29, 0.717) is 12.1 Å². The molecule has 0 saturated carbocycles. The molecule has 0 radical (unpaired) electrons. The van der Waals surface area contributed by atoms with Crippen LogP contribution in [0.1, 0.15) is 5.69 Å². The molecule has 3 N–H and O–H groups in total. The second-order valence-electron chi connectivity index (χ2n) is 4.11. The lowest BCUT2D eigenvalue weighted by molar-refractivity contribution is -0.130. The molecule has 0 fully saturated rings. The number of aliphatic carboxylic acids is 1. The van der Waals surface area contributed by atoms with Crippen LogP contribution in [-0.4, -0.2) is 45.7 Å². The molecule has 2 heterocycles. The summed E-state index contributed by atoms with van der Waals surface area (Å²) in [6.07, 6.45) is 3.41. The summed E-state index contributed by atoms with van der Waals surface area (Å²) >= 11 is 1.02. The maximum Gasteiger partial charge on any atom is 0.360 e. The topological polar surface area (TPSA) is 143 Å². The molecule has 2 rings (SSSR count). The normalized spacial score (nSPS) is 10.8. The van der Waals surface area contributed by atoms with E-state index in [-0.39, 0.29) is 10.8 Å². The van der Waals surface area contributed by atoms with Crippen molar-refractivity contribution >= 4 is 46.2 Å². The van der Waals surface area contributed by atoms with Gasteiger partial charge in [0.25, 0.3) is 5.91 Å². The number of hydrogen-bond donors (Lipinski definition) is 3. The van der Waals surface area contributed by atoms with Crippen LogP contribution >= 0.6 is 11.3 Å². The monoisotopic (exact) mass is 349 g/mol. The van der Waals surface area contributed by atoms with Crippen molar-refractivity contribution in [3.8, 4) is 0 Å². The predicted molar refractivity (Wildman–Crippen MR) is 84.8 cm³/mol. The molecule has 2 aromatic rings. The van der Waals surface area contributed by atoms with Gasteiger partial charge < -0.3 is 20.6 Å². The van der Waals surface area contributed by atoms with Crippen molar-refractivity contribution in [2.24, 2.45) is 5.16 Å². The Morgan fingerprint density at radius 1 is 1.46 bits per heavy atom. The largest absolute Gasteiger partial charge is 0.476 e. The third-order valence-electron chi connectivity index (χ3n) is 2.43. The molecule has 0 aliphatic carbocycles. The van der Waals surface area contributed by atoms with E-state index in [1.165, 1.54) is 11.6 Å². The smallest absolute Gasteiger partial charge is 0.360 e. The van der Waals surface area contributed by atoms with Crippen LogP contribution in [0.25, 0.3) is 0 Å². The lowest BCUT2D eigenvalue weighted by Gasteiger charge is -2.03. The average Bonchev–Trinajstić information content (AvgIpc) is 3.00. The Kier molecular flexibility index (Phi) is 5.91. The maximum absolute atomic E-state index is 11.6. The van der Waals surface area contributed by atoms with Crippen LogP contribution < -0.4 is 10.6 Å². The van der Waals surface area contributed by atoms with Gasteiger partial charge in [-0.3, -0.25) is 14.6 Å². The molecule has 24 heavy (non-hydrogen) atoms. The van der Waals surface area contributed by atoms with Gasteiger partial charge >= 0.3 is 5.97 Å². The van der Waals surface area contributed by atoms with Gasteiger partial charge in [-0.15, -0.1) is 11.3 Å². The van der Waals surface area contributed by atoms with Gasteiger partial charge in [0.05, 0.1) is 11.9 Å². The minimum absolute atomic E-state index is 0.00418. The maximum atomic E-state index is 11.6. The number of pyridine rings is 1. The first-order chi connectivity index (χ1) is 11.6. The van der Waals surface area contributed by atoms with Crippen LogP contribution in [0.2, 0.25) is 0 Å². The van der Waals surface area contributed by atoms with Crippen molar-refractivity contribution in [2.45, 2.75) is 0 Å². The van der Waals surface area contributed by atoms with E-state index < -0.39 is 24.2 Å². The highest BCUT2D eigenvalue weighted by Gasteiger charge is 2.18. The number of carbonyl (C=O) groups is 3. The number of thiazole rings is 1. The zero-order chi connectivity index (χ0) is 17.4. The van der Waals surface area contributed by atoms with Crippen LogP contribution in [0.5, 0.6) is 0 Å². The molecule has 0 aliphatic heterocycles. The van der Waals surface area contributed by atoms with Crippen molar-refractivity contribution in [2.75, 3.05) is 17.2 Å². The molecular formula is C13H11N5O5S. The Morgan fingerprint density at radius 2 is 2.29 bits per heavy atom. The Labute approximate surface area is 139 Å². The lowest BCUT2D eigenvalue weighted by atomic mass is 10.3. The molecule has 124 valence electrons. The van der Waals surface area contributed by atoms with Crippen molar-refractivity contribution in [3.63, 3.8) is 0 Å². The highest BCUT2D eigenvalue weighted by molar-refractivity contribution is 7.14. The van der Waals surface area contributed by atoms with E-state index in [2.05, 4.69) is 25.8 Å². The first-order valence-electron chi connectivity index (χ1n) is 6.39. The van der Waals surface area contributed by atoms with Gasteiger partial charge in [-0.25, -0.2) is 9.78 Å². The molecular weight excluding hydrogens is 338 g/mol. The van der Waals surface area contributed by atoms with Crippen molar-refractivity contribution in [1.29, 1.82) is 0 Å². The van der Waals surface area contributed by atoms with E-state index in [9.17, 15) is 14.4 Å². The highest BCUT2D eigenvalue weighted by Crippen LogP contribution is 2.15. The molecule has 2 aromatic heterocycles. The van der Waals surface area contributed by atoms with Gasteiger partial charge in [0, 0.05) is 11.6 Å². The lowest BCUT2D eigenvalue weighted by Crippen LogP contribution is -2.20. The van der Waals surface area contributed by atoms with Crippen molar-refractivity contribution < 1.29 is 24.3 Å². The minimum Gasteiger partial charge on any atom is -0.476 e. The summed E-state index contributed by atoms with van der Waals surface area (Å²) in [5.41, 5.74) is -0.0125. The first kappa shape index (κ1) is 17.0. The van der Waals surface area contributed by atoms with E-state index in [4.69, 9.17) is 9.94 Å². The molecule has 0 bridgehead atoms. The number of nitrogens with one attached hydrogen (secondary N) is 2. The summed E-state index contributed by atoms with van der Waals surface area (Å²) < 4.78 is 0. The number of oxime groups is 1. The summed E-state index contributed by atoms with van der Waals surface area (Å²) in [7, 11) is 0. The second-order valence-corrected chi connectivity index (χ2v) is 4.97. The number of aromatic nitrogens is 2. The van der Waals surface area contributed by atoms with Crippen molar-refractivity contribution in [3.05, 3.63) is 35.6 Å². The van der Waals surface area contributed by atoms with Gasteiger partial charge in [-0.1, -0.05) is 5.16 Å². The Bertz CT molecular complexity index is 761. The van der Waals surface area contributed by atoms with Gasteiger partial charge in [0.1, 0.15) is 5.69 Å². The third kappa shape index (κ3) is 4.84. The molecule has 0 saturated heterocycles. The zero-order valence-corrected chi connectivity index (χ0v) is 12.8. The fourth-order valence-corrected chi connectivity index (χ4v) is 2.14. The summed E-state index contributed by atoms with van der Waals surface area (Å²) in [5, 5.41) is 18.9. The quantitative estimate of drug-likeness (QED) is 0.359. The third-order valence-corrected chi connectivity index (χ3v) is 3.20. The summed E-state index contributed by atoms with van der Waals surface area (Å²) in [5.74, 6) is -1.91. The average molecular weight is 349 g/mol. The van der Waals surface area contributed by atoms with Crippen LogP contribution in [0.3, 0.4) is 0 Å². The molecule has 11 heteroatoms. The number of nitrogens with zero attached hydrogens (tertiary/aromatic N) is 3. The van der Waals surface area contributed by atoms with Gasteiger partial charge in [-0.05, 0) is 12.1 Å². The fraction of sp³-hybridized carbons (Fsp3) is 0.0769. The summed E-state index contributed by atoms with van der Waals surface area (Å²) in [6, 6.07) is 3.28. The van der Waals surface area contributed by atoms with Crippen LogP contribution in [0, 0.1) is 0 Å². The standard InChI is InChI=1S/C13H11N5O5S/c19-7-15-13-17-9(6-24-13)11(12(21)22)18-23-5-10(20)16-8-2-1-3-14-4-8/h1-4,6-7H,5H2,(H,16,20)(H,21,22)(H,15,17,19)/b18-11-. The Hall–Kier alpha value is -3.34. The number of carboxylic acid groups (broad SMARTS) is 1. The van der Waals surface area contributed by atoms with Gasteiger partial charge in [0.15, 0.2) is 11.7 Å². The van der Waals surface area contributed by atoms with Gasteiger partial charge in [0.2, 0.25) is 12.1 Å². The van der Waals surface area contributed by atoms with E-state index in [1.54, 1.807) is 18.3 Å². The molecule has 0 atom stereocenters. The van der Waals surface area contributed by atoms with Gasteiger partial charge in [-0.2, -0.15) is 0 Å². The van der Waals surface area contributed by atoms with Crippen LogP contribution in [0.15, 0.2) is 35.1 Å². The second kappa shape index (κ2) is 8.33. The number of amides is 2. The van der Waals surface area contributed by atoms with E-state index in [0.717, 1.165) is 11.3 Å². The summed E-state index contributed by atoms with van der Waals surface area (Å²) in [4.78, 5) is 45.6. The Balaban J connectivity index is 1.97. The van der Waals surface area contributed by atoms with Crippen LogP contribution in [-0.2, 0) is 19.2 Å². The SMILES string of the molecule is O=CNc1nc(/C(=N/OCC(=O)Nc2cccnc2)C(=O)O)cs1. The van der Waals surface area contributed by atoms with Crippen LogP contribution in [0.4, 0.5) is 10.8 Å². The number of rotatable bonds is 8. The minimum atomic E-state index is -1.38. The number of anilines is 2.